The Morgan fingerprint density at radius 3 is 2.70 bits per heavy atom. The number of esters is 1. The topological polar surface area (TPSA) is 51.5 Å². The van der Waals surface area contributed by atoms with Crippen molar-refractivity contribution >= 4 is 28.5 Å². The minimum Gasteiger partial charge on any atom is -0.508 e. The minimum atomic E-state index is -0.420. The van der Waals surface area contributed by atoms with E-state index >= 15 is 0 Å². The van der Waals surface area contributed by atoms with Gasteiger partial charge >= 0.3 is 5.97 Å². The van der Waals surface area contributed by atoms with E-state index in [0.29, 0.717) is 22.5 Å². The number of benzene rings is 2. The number of rotatable bonds is 3. The van der Waals surface area contributed by atoms with Crippen LogP contribution < -0.4 is 0 Å². The molecular weight excluding hydrogens is 314 g/mol. The highest BCUT2D eigenvalue weighted by Gasteiger charge is 2.21. The van der Waals surface area contributed by atoms with Crippen LogP contribution in [0.5, 0.6) is 5.75 Å². The summed E-state index contributed by atoms with van der Waals surface area (Å²) in [5.41, 5.74) is 3.04. The molecule has 1 N–H and O–H groups in total. The Balaban J connectivity index is 2.23. The maximum atomic E-state index is 12.1. The number of methoxy groups -OCH3 is 1. The van der Waals surface area contributed by atoms with E-state index in [2.05, 4.69) is 0 Å². The summed E-state index contributed by atoms with van der Waals surface area (Å²) in [6.45, 7) is 2.39. The minimum absolute atomic E-state index is 0.109. The predicted octanol–water partition coefficient (Wildman–Crippen LogP) is 4.14. The van der Waals surface area contributed by atoms with Crippen molar-refractivity contribution in [3.05, 3.63) is 64.3 Å². The molecular formula is C18H16ClNO3. The van der Waals surface area contributed by atoms with Gasteiger partial charge in [0.1, 0.15) is 5.75 Å². The van der Waals surface area contributed by atoms with E-state index in [1.807, 2.05) is 35.8 Å². The molecule has 0 aliphatic rings. The average molecular weight is 330 g/mol. The first kappa shape index (κ1) is 15.4. The van der Waals surface area contributed by atoms with Crippen LogP contribution in [0.15, 0.2) is 42.5 Å². The van der Waals surface area contributed by atoms with Gasteiger partial charge in [-0.05, 0) is 36.8 Å². The fraction of sp³-hybridized carbons (Fsp3) is 0.167. The number of fused-ring (bicyclic) bond motifs is 1. The molecule has 4 nitrogen and oxygen atoms in total. The van der Waals surface area contributed by atoms with E-state index in [1.165, 1.54) is 7.11 Å². The van der Waals surface area contributed by atoms with Gasteiger partial charge in [-0.3, -0.25) is 0 Å². The second-order valence-corrected chi connectivity index (χ2v) is 5.74. The molecule has 0 amide bonds. The molecule has 0 unspecified atom stereocenters. The Bertz CT molecular complexity index is 899. The molecule has 0 aliphatic heterocycles. The maximum Gasteiger partial charge on any atom is 0.340 e. The first-order chi connectivity index (χ1) is 11.0. The average Bonchev–Trinajstić information content (AvgIpc) is 2.80. The Kier molecular flexibility index (Phi) is 4.01. The number of ether oxygens (including phenoxy) is 1. The molecule has 1 heterocycles. The van der Waals surface area contributed by atoms with Crippen LogP contribution in [0.3, 0.4) is 0 Å². The van der Waals surface area contributed by atoms with E-state index in [-0.39, 0.29) is 5.75 Å². The maximum absolute atomic E-state index is 12.1. The monoisotopic (exact) mass is 329 g/mol. The fourth-order valence-electron chi connectivity index (χ4n) is 2.83. The molecule has 0 bridgehead atoms. The lowest BCUT2D eigenvalue weighted by Crippen LogP contribution is -2.06. The van der Waals surface area contributed by atoms with Crippen LogP contribution in [0.25, 0.3) is 10.9 Å². The first-order valence-corrected chi connectivity index (χ1v) is 7.54. The molecule has 23 heavy (non-hydrogen) atoms. The summed E-state index contributed by atoms with van der Waals surface area (Å²) in [7, 11) is 1.35. The molecule has 0 aliphatic carbocycles. The number of hydrogen-bond donors (Lipinski definition) is 1. The molecule has 0 saturated carbocycles. The number of hydrogen-bond acceptors (Lipinski definition) is 3. The third kappa shape index (κ3) is 2.66. The summed E-state index contributed by atoms with van der Waals surface area (Å²) in [6, 6.07) is 12.6. The Hall–Kier alpha value is -2.46. The second-order valence-electron chi connectivity index (χ2n) is 5.33. The molecule has 3 aromatic rings. The highest BCUT2D eigenvalue weighted by Crippen LogP contribution is 2.31. The van der Waals surface area contributed by atoms with Crippen molar-refractivity contribution in [2.24, 2.45) is 0 Å². The van der Waals surface area contributed by atoms with Crippen molar-refractivity contribution in [3.63, 3.8) is 0 Å². The fourth-order valence-corrected chi connectivity index (χ4v) is 3.03. The van der Waals surface area contributed by atoms with Gasteiger partial charge in [-0.25, -0.2) is 4.79 Å². The summed E-state index contributed by atoms with van der Waals surface area (Å²) in [5, 5.41) is 11.1. The molecule has 0 spiro atoms. The van der Waals surface area contributed by atoms with Crippen molar-refractivity contribution in [3.8, 4) is 5.75 Å². The molecule has 2 aromatic carbocycles. The molecule has 1 aromatic heterocycles. The van der Waals surface area contributed by atoms with Crippen molar-refractivity contribution in [1.29, 1.82) is 0 Å². The molecule has 0 fully saturated rings. The van der Waals surface area contributed by atoms with E-state index in [9.17, 15) is 9.90 Å². The quantitative estimate of drug-likeness (QED) is 0.735. The zero-order valence-corrected chi connectivity index (χ0v) is 13.6. The predicted molar refractivity (Wildman–Crippen MR) is 90.2 cm³/mol. The van der Waals surface area contributed by atoms with Gasteiger partial charge in [0.2, 0.25) is 0 Å². The summed E-state index contributed by atoms with van der Waals surface area (Å²) >= 11 is 6.25. The largest absolute Gasteiger partial charge is 0.508 e. The van der Waals surface area contributed by atoms with Crippen LogP contribution in [0.1, 0.15) is 21.6 Å². The summed E-state index contributed by atoms with van der Waals surface area (Å²) in [5.74, 6) is -0.312. The Morgan fingerprint density at radius 1 is 1.26 bits per heavy atom. The van der Waals surface area contributed by atoms with Crippen molar-refractivity contribution in [2.45, 2.75) is 13.5 Å². The molecule has 118 valence electrons. The standard InChI is InChI=1S/C18H16ClNO3/c1-11-17(18(22)23-2)14-9-13(21)7-8-16(14)20(11)10-12-5-3-4-6-15(12)19/h3-9,21H,10H2,1-2H3. The van der Waals surface area contributed by atoms with Crippen LogP contribution in [0.2, 0.25) is 5.02 Å². The smallest absolute Gasteiger partial charge is 0.340 e. The summed E-state index contributed by atoms with van der Waals surface area (Å²) in [4.78, 5) is 12.1. The first-order valence-electron chi connectivity index (χ1n) is 7.16. The Morgan fingerprint density at radius 2 is 2.00 bits per heavy atom. The number of phenolic OH excluding ortho intramolecular Hbond substituents is 1. The van der Waals surface area contributed by atoms with Crippen LogP contribution in [0, 0.1) is 6.92 Å². The van der Waals surface area contributed by atoms with Gasteiger partial charge in [0.05, 0.1) is 12.7 Å². The summed E-state index contributed by atoms with van der Waals surface area (Å²) in [6.07, 6.45) is 0. The number of aromatic nitrogens is 1. The zero-order chi connectivity index (χ0) is 16.6. The molecule has 3 rings (SSSR count). The lowest BCUT2D eigenvalue weighted by molar-refractivity contribution is 0.0602. The van der Waals surface area contributed by atoms with E-state index in [1.54, 1.807) is 18.2 Å². The number of carbonyl (C=O) groups excluding carboxylic acids is 1. The molecule has 5 heteroatoms. The number of nitrogens with zero attached hydrogens (tertiary/aromatic N) is 1. The van der Waals surface area contributed by atoms with Gasteiger partial charge in [0, 0.05) is 28.2 Å². The number of halogens is 1. The van der Waals surface area contributed by atoms with Gasteiger partial charge in [-0.2, -0.15) is 0 Å². The van der Waals surface area contributed by atoms with Crippen LogP contribution >= 0.6 is 11.6 Å². The Labute approximate surface area is 138 Å². The number of phenols is 1. The van der Waals surface area contributed by atoms with Gasteiger partial charge in [0.25, 0.3) is 0 Å². The lowest BCUT2D eigenvalue weighted by Gasteiger charge is -2.10. The van der Waals surface area contributed by atoms with Crippen molar-refractivity contribution in [2.75, 3.05) is 7.11 Å². The van der Waals surface area contributed by atoms with Gasteiger partial charge in [-0.1, -0.05) is 29.8 Å². The van der Waals surface area contributed by atoms with E-state index in [4.69, 9.17) is 16.3 Å². The third-order valence-corrected chi connectivity index (χ3v) is 4.35. The highest BCUT2D eigenvalue weighted by molar-refractivity contribution is 6.31. The second kappa shape index (κ2) is 5.97. The zero-order valence-electron chi connectivity index (χ0n) is 12.8. The molecule has 0 radical (unpaired) electrons. The number of carbonyl (C=O) groups is 1. The van der Waals surface area contributed by atoms with E-state index < -0.39 is 5.97 Å². The number of aromatic hydroxyl groups is 1. The molecule has 0 atom stereocenters. The highest BCUT2D eigenvalue weighted by atomic mass is 35.5. The van der Waals surface area contributed by atoms with Gasteiger partial charge in [-0.15, -0.1) is 0 Å². The van der Waals surface area contributed by atoms with Crippen LogP contribution in [0.4, 0.5) is 0 Å². The normalized spacial score (nSPS) is 10.9. The molecule has 0 saturated heterocycles. The van der Waals surface area contributed by atoms with E-state index in [0.717, 1.165) is 16.8 Å². The third-order valence-electron chi connectivity index (χ3n) is 3.98. The van der Waals surface area contributed by atoms with Crippen molar-refractivity contribution in [1.82, 2.24) is 4.57 Å². The summed E-state index contributed by atoms with van der Waals surface area (Å²) < 4.78 is 6.89. The van der Waals surface area contributed by atoms with Crippen LogP contribution in [-0.4, -0.2) is 22.8 Å². The van der Waals surface area contributed by atoms with Gasteiger partial charge in [0.15, 0.2) is 0 Å². The lowest BCUT2D eigenvalue weighted by atomic mass is 10.1. The van der Waals surface area contributed by atoms with Gasteiger partial charge < -0.3 is 14.4 Å². The van der Waals surface area contributed by atoms with Crippen LogP contribution in [-0.2, 0) is 11.3 Å². The van der Waals surface area contributed by atoms with Crippen molar-refractivity contribution < 1.29 is 14.6 Å². The SMILES string of the molecule is COC(=O)c1c(C)n(Cc2ccccc2Cl)c2ccc(O)cc12.